The number of furan rings is 1. The monoisotopic (exact) mass is 441 g/mol. The summed E-state index contributed by atoms with van der Waals surface area (Å²) >= 11 is 1.84. The average Bonchev–Trinajstić information content (AvgIpc) is 3.44. The molecule has 5 aromatic carbocycles. The van der Waals surface area contributed by atoms with E-state index in [9.17, 15) is 0 Å². The van der Waals surface area contributed by atoms with Crippen LogP contribution in [0.15, 0.2) is 120 Å². The maximum absolute atomic E-state index is 6.44. The number of anilines is 3. The molecule has 0 aliphatic heterocycles. The van der Waals surface area contributed by atoms with Gasteiger partial charge in [-0.1, -0.05) is 78.9 Å². The van der Waals surface area contributed by atoms with Crippen LogP contribution in [0.1, 0.15) is 0 Å². The Labute approximate surface area is 194 Å². The molecule has 0 aliphatic carbocycles. The highest BCUT2D eigenvalue weighted by Gasteiger charge is 2.21. The van der Waals surface area contributed by atoms with Gasteiger partial charge in [0.05, 0.1) is 16.1 Å². The number of nitrogens with zero attached hydrogens (tertiary/aromatic N) is 1. The molecule has 156 valence electrons. The van der Waals surface area contributed by atoms with E-state index in [0.29, 0.717) is 0 Å². The molecule has 3 heteroatoms. The zero-order chi connectivity index (χ0) is 21.8. The van der Waals surface area contributed by atoms with E-state index >= 15 is 0 Å². The molecule has 33 heavy (non-hydrogen) atoms. The SMILES string of the molecule is c1ccc(N(c2cccc3c2oc2ccccc23)c2cccc3c2sc2ccccc23)cc1. The van der Waals surface area contributed by atoms with Crippen molar-refractivity contribution in [2.24, 2.45) is 0 Å². The number of rotatable bonds is 3. The number of fused-ring (bicyclic) bond motifs is 6. The first kappa shape index (κ1) is 18.5. The fourth-order valence-electron chi connectivity index (χ4n) is 4.80. The molecule has 2 heterocycles. The van der Waals surface area contributed by atoms with E-state index in [1.807, 2.05) is 23.5 Å². The molecule has 7 aromatic rings. The Kier molecular flexibility index (Phi) is 4.05. The second-order valence-electron chi connectivity index (χ2n) is 8.18. The highest BCUT2D eigenvalue weighted by molar-refractivity contribution is 7.26. The molecule has 2 nitrogen and oxygen atoms in total. The van der Waals surface area contributed by atoms with E-state index in [-0.39, 0.29) is 0 Å². The molecule has 0 saturated heterocycles. The highest BCUT2D eigenvalue weighted by Crippen LogP contribution is 2.47. The van der Waals surface area contributed by atoms with Gasteiger partial charge in [-0.15, -0.1) is 11.3 Å². The van der Waals surface area contributed by atoms with E-state index in [1.165, 1.54) is 20.2 Å². The Morgan fingerprint density at radius 2 is 1.18 bits per heavy atom. The van der Waals surface area contributed by atoms with Crippen LogP contribution in [0, 0.1) is 0 Å². The van der Waals surface area contributed by atoms with Gasteiger partial charge in [-0.05, 0) is 36.4 Å². The van der Waals surface area contributed by atoms with Crippen LogP contribution in [0.3, 0.4) is 0 Å². The van der Waals surface area contributed by atoms with Crippen molar-refractivity contribution in [3.05, 3.63) is 115 Å². The molecule has 0 unspecified atom stereocenters. The van der Waals surface area contributed by atoms with Crippen LogP contribution < -0.4 is 4.90 Å². The molecule has 0 bridgehead atoms. The quantitative estimate of drug-likeness (QED) is 0.271. The number of hydrogen-bond acceptors (Lipinski definition) is 3. The summed E-state index contributed by atoms with van der Waals surface area (Å²) in [6.07, 6.45) is 0. The molecule has 0 spiro atoms. The molecule has 0 amide bonds. The fourth-order valence-corrected chi connectivity index (χ4v) is 6.01. The number of benzene rings is 5. The third-order valence-electron chi connectivity index (χ3n) is 6.26. The molecule has 0 fully saturated rings. The zero-order valence-corrected chi connectivity index (χ0v) is 18.5. The Morgan fingerprint density at radius 1 is 0.515 bits per heavy atom. The zero-order valence-electron chi connectivity index (χ0n) is 17.7. The molecule has 0 saturated carbocycles. The van der Waals surface area contributed by atoms with E-state index in [1.54, 1.807) is 0 Å². The second-order valence-corrected chi connectivity index (χ2v) is 9.23. The Bertz CT molecular complexity index is 1660. The number of hydrogen-bond donors (Lipinski definition) is 0. The van der Waals surface area contributed by atoms with Gasteiger partial charge >= 0.3 is 0 Å². The van der Waals surface area contributed by atoms with E-state index in [2.05, 4.69) is 108 Å². The van der Waals surface area contributed by atoms with Gasteiger partial charge in [0.25, 0.3) is 0 Å². The number of para-hydroxylation sites is 3. The molecular formula is C30H19NOS. The smallest absolute Gasteiger partial charge is 0.159 e. The fraction of sp³-hybridized carbons (Fsp3) is 0. The summed E-state index contributed by atoms with van der Waals surface area (Å²) in [6, 6.07) is 40.5. The van der Waals surface area contributed by atoms with Crippen molar-refractivity contribution in [3.63, 3.8) is 0 Å². The second kappa shape index (κ2) is 7.22. The van der Waals surface area contributed by atoms with Gasteiger partial charge in [-0.25, -0.2) is 0 Å². The topological polar surface area (TPSA) is 16.4 Å². The predicted octanol–water partition coefficient (Wildman–Crippen LogP) is 9.42. The number of thiophene rings is 1. The van der Waals surface area contributed by atoms with Crippen molar-refractivity contribution in [1.29, 1.82) is 0 Å². The Morgan fingerprint density at radius 3 is 2.06 bits per heavy atom. The first-order valence-electron chi connectivity index (χ1n) is 11.0. The van der Waals surface area contributed by atoms with Crippen molar-refractivity contribution in [1.82, 2.24) is 0 Å². The maximum Gasteiger partial charge on any atom is 0.159 e. The van der Waals surface area contributed by atoms with Crippen LogP contribution in [0.4, 0.5) is 17.1 Å². The minimum absolute atomic E-state index is 0.903. The lowest BCUT2D eigenvalue weighted by molar-refractivity contribution is 0.669. The van der Waals surface area contributed by atoms with Gasteiger partial charge in [0.15, 0.2) is 5.58 Å². The van der Waals surface area contributed by atoms with Crippen molar-refractivity contribution in [2.75, 3.05) is 4.90 Å². The summed E-state index contributed by atoms with van der Waals surface area (Å²) in [5.41, 5.74) is 5.12. The summed E-state index contributed by atoms with van der Waals surface area (Å²) < 4.78 is 9.01. The largest absolute Gasteiger partial charge is 0.454 e. The van der Waals surface area contributed by atoms with E-state index in [4.69, 9.17) is 4.42 Å². The van der Waals surface area contributed by atoms with Crippen molar-refractivity contribution in [2.45, 2.75) is 0 Å². The van der Waals surface area contributed by atoms with Gasteiger partial charge in [0.2, 0.25) is 0 Å². The van der Waals surface area contributed by atoms with Crippen LogP contribution in [-0.4, -0.2) is 0 Å². The van der Waals surface area contributed by atoms with Gasteiger partial charge in [0.1, 0.15) is 5.58 Å². The lowest BCUT2D eigenvalue weighted by Gasteiger charge is -2.26. The summed E-state index contributed by atoms with van der Waals surface area (Å²) in [5.74, 6) is 0. The molecule has 0 atom stereocenters. The molecule has 2 aromatic heterocycles. The third kappa shape index (κ3) is 2.80. The standard InChI is InChI=1S/C30H19NOS/c1-2-10-20(11-3-1)31(25-16-8-14-23-21-12-4-6-18-27(21)32-29(23)25)26-17-9-15-24-22-13-5-7-19-28(22)33-30(24)26/h1-19H. The molecule has 0 aliphatic rings. The summed E-state index contributed by atoms with van der Waals surface area (Å²) in [5, 5.41) is 4.86. The Hall–Kier alpha value is -4.08. The third-order valence-corrected chi connectivity index (χ3v) is 7.47. The van der Waals surface area contributed by atoms with E-state index in [0.717, 1.165) is 39.0 Å². The van der Waals surface area contributed by atoms with Gasteiger partial charge < -0.3 is 9.32 Å². The molecule has 7 rings (SSSR count). The van der Waals surface area contributed by atoms with Gasteiger partial charge in [-0.2, -0.15) is 0 Å². The van der Waals surface area contributed by atoms with Crippen molar-refractivity contribution < 1.29 is 4.42 Å². The van der Waals surface area contributed by atoms with Crippen LogP contribution in [-0.2, 0) is 0 Å². The van der Waals surface area contributed by atoms with Crippen LogP contribution in [0.2, 0.25) is 0 Å². The normalized spacial score (nSPS) is 11.6. The minimum atomic E-state index is 0.903. The summed E-state index contributed by atoms with van der Waals surface area (Å²) in [7, 11) is 0. The molecule has 0 radical (unpaired) electrons. The first-order chi connectivity index (χ1) is 16.4. The summed E-state index contributed by atoms with van der Waals surface area (Å²) in [4.78, 5) is 2.34. The maximum atomic E-state index is 6.44. The highest BCUT2D eigenvalue weighted by atomic mass is 32.1. The molecule has 0 N–H and O–H groups in total. The van der Waals surface area contributed by atoms with Gasteiger partial charge in [-0.3, -0.25) is 0 Å². The van der Waals surface area contributed by atoms with Crippen molar-refractivity contribution in [3.8, 4) is 0 Å². The van der Waals surface area contributed by atoms with Gasteiger partial charge in [0, 0.05) is 31.9 Å². The molecular weight excluding hydrogens is 422 g/mol. The Balaban J connectivity index is 1.58. The van der Waals surface area contributed by atoms with Crippen LogP contribution >= 0.6 is 11.3 Å². The first-order valence-corrected chi connectivity index (χ1v) is 11.9. The minimum Gasteiger partial charge on any atom is -0.454 e. The van der Waals surface area contributed by atoms with Crippen molar-refractivity contribution >= 4 is 70.5 Å². The lowest BCUT2D eigenvalue weighted by atomic mass is 10.1. The summed E-state index contributed by atoms with van der Waals surface area (Å²) in [6.45, 7) is 0. The van der Waals surface area contributed by atoms with Crippen LogP contribution in [0.5, 0.6) is 0 Å². The van der Waals surface area contributed by atoms with E-state index < -0.39 is 0 Å². The lowest BCUT2D eigenvalue weighted by Crippen LogP contribution is -2.10. The predicted molar refractivity (Wildman–Crippen MR) is 141 cm³/mol. The average molecular weight is 442 g/mol. The van der Waals surface area contributed by atoms with Crippen LogP contribution in [0.25, 0.3) is 42.1 Å².